The summed E-state index contributed by atoms with van der Waals surface area (Å²) in [6.07, 6.45) is -0.428. The third kappa shape index (κ3) is 3.65. The van der Waals surface area contributed by atoms with Gasteiger partial charge in [0.25, 0.3) is 0 Å². The maximum Gasteiger partial charge on any atom is 0.322 e. The number of hydrogen-bond donors (Lipinski definition) is 2. The molecule has 0 aromatic carbocycles. The van der Waals surface area contributed by atoms with Crippen molar-refractivity contribution in [1.82, 2.24) is 4.31 Å². The van der Waals surface area contributed by atoms with Crippen LogP contribution >= 0.6 is 0 Å². The standard InChI is InChI=1S/C10H19NO5S/c1-7(2)3-4-17(15,16)11-6-8(12)5-9(11)10(13)14/h7-9,12H,3-6H2,1-2H3,(H,13,14)/t8-,9-/m1/s1. The number of rotatable bonds is 5. The van der Waals surface area contributed by atoms with Crippen molar-refractivity contribution in [2.24, 2.45) is 5.92 Å². The molecule has 2 atom stereocenters. The van der Waals surface area contributed by atoms with Gasteiger partial charge in [0.2, 0.25) is 10.0 Å². The molecule has 1 saturated heterocycles. The van der Waals surface area contributed by atoms with Crippen molar-refractivity contribution in [2.45, 2.75) is 38.8 Å². The van der Waals surface area contributed by atoms with Gasteiger partial charge in [0, 0.05) is 13.0 Å². The Morgan fingerprint density at radius 1 is 1.47 bits per heavy atom. The molecule has 0 radical (unpaired) electrons. The van der Waals surface area contributed by atoms with E-state index in [4.69, 9.17) is 5.11 Å². The van der Waals surface area contributed by atoms with Crippen molar-refractivity contribution in [3.8, 4) is 0 Å². The summed E-state index contributed by atoms with van der Waals surface area (Å²) < 4.78 is 24.8. The number of aliphatic carboxylic acids is 1. The van der Waals surface area contributed by atoms with Crippen LogP contribution in [0.4, 0.5) is 0 Å². The summed E-state index contributed by atoms with van der Waals surface area (Å²) in [5, 5.41) is 18.3. The normalized spacial score (nSPS) is 26.6. The molecule has 1 rings (SSSR count). The first-order valence-corrected chi connectivity index (χ1v) is 7.25. The Morgan fingerprint density at radius 3 is 2.53 bits per heavy atom. The first kappa shape index (κ1) is 14.4. The van der Waals surface area contributed by atoms with Gasteiger partial charge < -0.3 is 10.2 Å². The van der Waals surface area contributed by atoms with Crippen LogP contribution in [-0.2, 0) is 14.8 Å². The molecule has 1 heterocycles. The number of sulfonamides is 1. The monoisotopic (exact) mass is 265 g/mol. The zero-order valence-electron chi connectivity index (χ0n) is 10.0. The minimum atomic E-state index is -3.59. The Labute approximate surface area is 101 Å². The van der Waals surface area contributed by atoms with Crippen LogP contribution in [0.2, 0.25) is 0 Å². The highest BCUT2D eigenvalue weighted by Gasteiger charge is 2.42. The van der Waals surface area contributed by atoms with Gasteiger partial charge in [-0.1, -0.05) is 13.8 Å². The van der Waals surface area contributed by atoms with Crippen LogP contribution in [-0.4, -0.2) is 53.3 Å². The van der Waals surface area contributed by atoms with E-state index < -0.39 is 28.1 Å². The average molecular weight is 265 g/mol. The van der Waals surface area contributed by atoms with Crippen molar-refractivity contribution in [3.05, 3.63) is 0 Å². The number of carboxylic acid groups (broad SMARTS) is 1. The fourth-order valence-electron chi connectivity index (χ4n) is 1.82. The molecule has 100 valence electrons. The average Bonchev–Trinajstić information content (AvgIpc) is 2.58. The van der Waals surface area contributed by atoms with E-state index in [9.17, 15) is 18.3 Å². The zero-order chi connectivity index (χ0) is 13.2. The molecule has 0 amide bonds. The lowest BCUT2D eigenvalue weighted by Crippen LogP contribution is -2.41. The third-order valence-corrected chi connectivity index (χ3v) is 4.70. The van der Waals surface area contributed by atoms with Crippen LogP contribution in [0.1, 0.15) is 26.7 Å². The van der Waals surface area contributed by atoms with E-state index in [0.29, 0.717) is 6.42 Å². The van der Waals surface area contributed by atoms with Crippen LogP contribution in [0.25, 0.3) is 0 Å². The van der Waals surface area contributed by atoms with Gasteiger partial charge in [-0.3, -0.25) is 4.79 Å². The van der Waals surface area contributed by atoms with E-state index >= 15 is 0 Å². The second-order valence-corrected chi connectivity index (χ2v) is 6.85. The van der Waals surface area contributed by atoms with Crippen molar-refractivity contribution < 1.29 is 23.4 Å². The lowest BCUT2D eigenvalue weighted by molar-refractivity contribution is -0.140. The van der Waals surface area contributed by atoms with Crippen molar-refractivity contribution >= 4 is 16.0 Å². The SMILES string of the molecule is CC(C)CCS(=O)(=O)N1C[C@H](O)C[C@@H]1C(=O)O. The molecule has 0 aliphatic carbocycles. The maximum absolute atomic E-state index is 11.9. The molecular weight excluding hydrogens is 246 g/mol. The second kappa shape index (κ2) is 5.32. The minimum absolute atomic E-state index is 0.0315. The van der Waals surface area contributed by atoms with Crippen molar-refractivity contribution in [1.29, 1.82) is 0 Å². The molecule has 6 nitrogen and oxygen atoms in total. The van der Waals surface area contributed by atoms with Gasteiger partial charge in [-0.2, -0.15) is 4.31 Å². The lowest BCUT2D eigenvalue weighted by Gasteiger charge is -2.21. The quantitative estimate of drug-likeness (QED) is 0.722. The fraction of sp³-hybridized carbons (Fsp3) is 0.900. The molecule has 1 fully saturated rings. The Bertz CT molecular complexity index is 378. The predicted molar refractivity (Wildman–Crippen MR) is 62.0 cm³/mol. The number of aliphatic hydroxyl groups excluding tert-OH is 1. The number of carbonyl (C=O) groups is 1. The van der Waals surface area contributed by atoms with Crippen LogP contribution < -0.4 is 0 Å². The molecule has 0 bridgehead atoms. The Balaban J connectivity index is 2.79. The summed E-state index contributed by atoms with van der Waals surface area (Å²) in [4.78, 5) is 10.9. The summed E-state index contributed by atoms with van der Waals surface area (Å²) in [5.41, 5.74) is 0. The topological polar surface area (TPSA) is 94.9 Å². The van der Waals surface area contributed by atoms with Gasteiger partial charge in [-0.05, 0) is 12.3 Å². The van der Waals surface area contributed by atoms with E-state index in [1.165, 1.54) is 0 Å². The molecule has 0 saturated carbocycles. The summed E-state index contributed by atoms with van der Waals surface area (Å²) in [5.74, 6) is -1.03. The highest BCUT2D eigenvalue weighted by atomic mass is 32.2. The van der Waals surface area contributed by atoms with E-state index in [0.717, 1.165) is 4.31 Å². The number of nitrogens with zero attached hydrogens (tertiary/aromatic N) is 1. The predicted octanol–water partition coefficient (Wildman–Crippen LogP) is -0.118. The number of carboxylic acids is 1. The Kier molecular flexibility index (Phi) is 4.51. The summed E-state index contributed by atoms with van der Waals surface area (Å²) in [7, 11) is -3.59. The van der Waals surface area contributed by atoms with Crippen molar-refractivity contribution in [2.75, 3.05) is 12.3 Å². The molecule has 0 aromatic rings. The lowest BCUT2D eigenvalue weighted by atomic mass is 10.2. The molecular formula is C10H19NO5S. The van der Waals surface area contributed by atoms with Crippen LogP contribution in [0, 0.1) is 5.92 Å². The van der Waals surface area contributed by atoms with Gasteiger partial charge in [0.05, 0.1) is 11.9 Å². The highest BCUT2D eigenvalue weighted by Crippen LogP contribution is 2.23. The highest BCUT2D eigenvalue weighted by molar-refractivity contribution is 7.89. The molecule has 7 heteroatoms. The van der Waals surface area contributed by atoms with Crippen LogP contribution in [0.15, 0.2) is 0 Å². The molecule has 0 aromatic heterocycles. The van der Waals surface area contributed by atoms with Gasteiger partial charge in [0.1, 0.15) is 6.04 Å². The van der Waals surface area contributed by atoms with Gasteiger partial charge in [-0.25, -0.2) is 8.42 Å². The molecule has 1 aliphatic heterocycles. The summed E-state index contributed by atoms with van der Waals surface area (Å²) in [6, 6.07) is -1.12. The smallest absolute Gasteiger partial charge is 0.322 e. The zero-order valence-corrected chi connectivity index (χ0v) is 10.9. The molecule has 2 N–H and O–H groups in total. The Hall–Kier alpha value is -0.660. The fourth-order valence-corrected chi connectivity index (χ4v) is 3.79. The third-order valence-electron chi connectivity index (χ3n) is 2.83. The van der Waals surface area contributed by atoms with Gasteiger partial charge >= 0.3 is 5.97 Å². The first-order valence-electron chi connectivity index (χ1n) is 5.64. The van der Waals surface area contributed by atoms with Gasteiger partial charge in [0.15, 0.2) is 0 Å². The van der Waals surface area contributed by atoms with E-state index in [1.807, 2.05) is 13.8 Å². The van der Waals surface area contributed by atoms with E-state index in [-0.39, 0.29) is 24.6 Å². The molecule has 0 spiro atoms. The number of β-amino-alcohol motifs (C(OH)–C–C–N with tert-alkyl or cyclic N) is 1. The van der Waals surface area contributed by atoms with E-state index in [2.05, 4.69) is 0 Å². The van der Waals surface area contributed by atoms with E-state index in [1.54, 1.807) is 0 Å². The number of hydrogen-bond acceptors (Lipinski definition) is 4. The van der Waals surface area contributed by atoms with Gasteiger partial charge in [-0.15, -0.1) is 0 Å². The first-order chi connectivity index (χ1) is 7.74. The molecule has 1 aliphatic rings. The number of aliphatic hydroxyl groups is 1. The van der Waals surface area contributed by atoms with Crippen LogP contribution in [0.3, 0.4) is 0 Å². The summed E-state index contributed by atoms with van der Waals surface area (Å²) in [6.45, 7) is 3.70. The minimum Gasteiger partial charge on any atom is -0.480 e. The summed E-state index contributed by atoms with van der Waals surface area (Å²) >= 11 is 0. The van der Waals surface area contributed by atoms with Crippen LogP contribution in [0.5, 0.6) is 0 Å². The largest absolute Gasteiger partial charge is 0.480 e. The Morgan fingerprint density at radius 2 is 2.06 bits per heavy atom. The molecule has 17 heavy (non-hydrogen) atoms. The van der Waals surface area contributed by atoms with Crippen molar-refractivity contribution in [3.63, 3.8) is 0 Å². The maximum atomic E-state index is 11.9. The molecule has 0 unspecified atom stereocenters. The second-order valence-electron chi connectivity index (χ2n) is 4.81.